The lowest BCUT2D eigenvalue weighted by atomic mass is 9.83. The number of allylic oxidation sites excluding steroid dienone is 1. The maximum Gasteiger partial charge on any atom is 0.396 e. The summed E-state index contributed by atoms with van der Waals surface area (Å²) in [5, 5.41) is 8.77. The molecule has 0 amide bonds. The molecule has 0 aromatic rings. The molecule has 94 valence electrons. The van der Waals surface area contributed by atoms with Gasteiger partial charge in [-0.05, 0) is 12.0 Å². The van der Waals surface area contributed by atoms with Gasteiger partial charge in [0.05, 0.1) is 11.8 Å². The van der Waals surface area contributed by atoms with E-state index < -0.39 is 34.4 Å². The molecule has 0 aliphatic heterocycles. The molecular weight excluding hydrogens is 268 g/mol. The molecule has 0 aromatic carbocycles. The SMILES string of the molecule is CC(C)C(C(=O)O)C(C=C(Cl)Cl)C(F)(F)F. The van der Waals surface area contributed by atoms with Crippen LogP contribution in [0, 0.1) is 17.8 Å². The Kier molecular flexibility index (Phi) is 5.62. The molecule has 2 atom stereocenters. The van der Waals surface area contributed by atoms with Crippen molar-refractivity contribution in [3.05, 3.63) is 10.6 Å². The van der Waals surface area contributed by atoms with E-state index in [0.29, 0.717) is 6.08 Å². The van der Waals surface area contributed by atoms with Crippen molar-refractivity contribution in [2.24, 2.45) is 17.8 Å². The third-order valence-electron chi connectivity index (χ3n) is 2.07. The zero-order valence-electron chi connectivity index (χ0n) is 8.55. The number of carbonyl (C=O) groups is 1. The normalized spacial score (nSPS) is 15.8. The van der Waals surface area contributed by atoms with Gasteiger partial charge in [-0.2, -0.15) is 13.2 Å². The number of hydrogen-bond donors (Lipinski definition) is 1. The first kappa shape index (κ1) is 15.6. The number of rotatable bonds is 4. The lowest BCUT2D eigenvalue weighted by Gasteiger charge is -2.26. The van der Waals surface area contributed by atoms with Crippen LogP contribution in [0.15, 0.2) is 10.6 Å². The molecular formula is C9H11Cl2F3O2. The maximum atomic E-state index is 12.6. The molecule has 0 radical (unpaired) electrons. The highest BCUT2D eigenvalue weighted by Crippen LogP contribution is 2.38. The summed E-state index contributed by atoms with van der Waals surface area (Å²) in [6, 6.07) is 0. The van der Waals surface area contributed by atoms with Crippen molar-refractivity contribution in [2.45, 2.75) is 20.0 Å². The summed E-state index contributed by atoms with van der Waals surface area (Å²) in [6.07, 6.45) is -4.18. The van der Waals surface area contributed by atoms with Gasteiger partial charge in [0, 0.05) is 0 Å². The fourth-order valence-corrected chi connectivity index (χ4v) is 1.66. The summed E-state index contributed by atoms with van der Waals surface area (Å²) in [7, 11) is 0. The Bertz CT molecular complexity index is 283. The van der Waals surface area contributed by atoms with Gasteiger partial charge in [0.1, 0.15) is 4.49 Å². The van der Waals surface area contributed by atoms with Crippen LogP contribution < -0.4 is 0 Å². The highest BCUT2D eigenvalue weighted by Gasteiger charge is 2.47. The first-order valence-electron chi connectivity index (χ1n) is 4.39. The molecule has 7 heteroatoms. The number of aliphatic carboxylic acids is 1. The van der Waals surface area contributed by atoms with Gasteiger partial charge in [-0.25, -0.2) is 0 Å². The summed E-state index contributed by atoms with van der Waals surface area (Å²) >= 11 is 10.3. The summed E-state index contributed by atoms with van der Waals surface area (Å²) in [4.78, 5) is 10.8. The smallest absolute Gasteiger partial charge is 0.396 e. The second-order valence-electron chi connectivity index (χ2n) is 3.63. The Balaban J connectivity index is 5.31. The van der Waals surface area contributed by atoms with E-state index in [1.54, 1.807) is 0 Å². The minimum atomic E-state index is -4.69. The minimum absolute atomic E-state index is 0.516. The first-order valence-corrected chi connectivity index (χ1v) is 5.15. The van der Waals surface area contributed by atoms with E-state index in [0.717, 1.165) is 0 Å². The monoisotopic (exact) mass is 278 g/mol. The van der Waals surface area contributed by atoms with Crippen LogP contribution in [0.5, 0.6) is 0 Å². The Hall–Kier alpha value is -0.420. The Morgan fingerprint density at radius 1 is 1.31 bits per heavy atom. The average molecular weight is 279 g/mol. The average Bonchev–Trinajstić information content (AvgIpc) is 1.98. The lowest BCUT2D eigenvalue weighted by Crippen LogP contribution is -2.36. The lowest BCUT2D eigenvalue weighted by molar-refractivity contribution is -0.188. The standard InChI is InChI=1S/C9H11Cl2F3O2/c1-4(2)7(8(15)16)5(3-6(10)11)9(12,13)14/h3-5,7H,1-2H3,(H,15,16). The van der Waals surface area contributed by atoms with Gasteiger partial charge in [0.15, 0.2) is 0 Å². The van der Waals surface area contributed by atoms with E-state index in [-0.39, 0.29) is 0 Å². The molecule has 16 heavy (non-hydrogen) atoms. The number of halogens is 5. The van der Waals surface area contributed by atoms with Gasteiger partial charge < -0.3 is 5.11 Å². The van der Waals surface area contributed by atoms with Crippen LogP contribution in [0.1, 0.15) is 13.8 Å². The van der Waals surface area contributed by atoms with Crippen molar-refractivity contribution >= 4 is 29.2 Å². The van der Waals surface area contributed by atoms with Crippen molar-refractivity contribution in [1.29, 1.82) is 0 Å². The van der Waals surface area contributed by atoms with Gasteiger partial charge >= 0.3 is 12.1 Å². The van der Waals surface area contributed by atoms with E-state index in [4.69, 9.17) is 28.3 Å². The van der Waals surface area contributed by atoms with Crippen molar-refractivity contribution in [3.63, 3.8) is 0 Å². The van der Waals surface area contributed by atoms with Crippen LogP contribution in [-0.2, 0) is 4.79 Å². The summed E-state index contributed by atoms with van der Waals surface area (Å²) in [6.45, 7) is 2.79. The topological polar surface area (TPSA) is 37.3 Å². The maximum absolute atomic E-state index is 12.6. The molecule has 0 saturated heterocycles. The van der Waals surface area contributed by atoms with E-state index in [9.17, 15) is 18.0 Å². The summed E-state index contributed by atoms with van der Waals surface area (Å²) < 4.78 is 37.3. The van der Waals surface area contributed by atoms with Crippen molar-refractivity contribution in [2.75, 3.05) is 0 Å². The highest BCUT2D eigenvalue weighted by molar-refractivity contribution is 6.55. The van der Waals surface area contributed by atoms with Crippen LogP contribution in [-0.4, -0.2) is 17.3 Å². The van der Waals surface area contributed by atoms with Gasteiger partial charge in [-0.1, -0.05) is 37.0 Å². The van der Waals surface area contributed by atoms with E-state index >= 15 is 0 Å². The number of alkyl halides is 3. The molecule has 0 aliphatic carbocycles. The van der Waals surface area contributed by atoms with Crippen LogP contribution in [0.2, 0.25) is 0 Å². The third kappa shape index (κ3) is 4.61. The first-order chi connectivity index (χ1) is 7.07. The van der Waals surface area contributed by atoms with Gasteiger partial charge in [0.25, 0.3) is 0 Å². The van der Waals surface area contributed by atoms with Gasteiger partial charge in [0.2, 0.25) is 0 Å². The van der Waals surface area contributed by atoms with Crippen molar-refractivity contribution in [1.82, 2.24) is 0 Å². The van der Waals surface area contributed by atoms with Crippen molar-refractivity contribution in [3.8, 4) is 0 Å². The van der Waals surface area contributed by atoms with E-state index in [2.05, 4.69) is 0 Å². The molecule has 0 aliphatic rings. The van der Waals surface area contributed by atoms with Crippen LogP contribution in [0.4, 0.5) is 13.2 Å². The molecule has 0 rings (SSSR count). The van der Waals surface area contributed by atoms with Crippen LogP contribution >= 0.6 is 23.2 Å². The zero-order valence-corrected chi connectivity index (χ0v) is 10.1. The molecule has 0 heterocycles. The summed E-state index contributed by atoms with van der Waals surface area (Å²) in [5.41, 5.74) is 0. The quantitative estimate of drug-likeness (QED) is 0.848. The second-order valence-corrected chi connectivity index (χ2v) is 4.64. The Labute approximate surface area is 101 Å². The van der Waals surface area contributed by atoms with Crippen molar-refractivity contribution < 1.29 is 23.1 Å². The second kappa shape index (κ2) is 5.77. The zero-order chi connectivity index (χ0) is 13.1. The third-order valence-corrected chi connectivity index (χ3v) is 2.33. The fourth-order valence-electron chi connectivity index (χ4n) is 1.39. The summed E-state index contributed by atoms with van der Waals surface area (Å²) in [5.74, 6) is -6.00. The highest BCUT2D eigenvalue weighted by atomic mass is 35.5. The largest absolute Gasteiger partial charge is 0.481 e. The number of carboxylic acid groups (broad SMARTS) is 1. The molecule has 0 aromatic heterocycles. The van der Waals surface area contributed by atoms with Gasteiger partial charge in [-0.15, -0.1) is 0 Å². The molecule has 2 unspecified atom stereocenters. The van der Waals surface area contributed by atoms with Crippen LogP contribution in [0.3, 0.4) is 0 Å². The van der Waals surface area contributed by atoms with Crippen LogP contribution in [0.25, 0.3) is 0 Å². The number of carboxylic acids is 1. The molecule has 1 N–H and O–H groups in total. The fraction of sp³-hybridized carbons (Fsp3) is 0.667. The molecule has 0 bridgehead atoms. The predicted octanol–water partition coefficient (Wildman–Crippen LogP) is 3.84. The van der Waals surface area contributed by atoms with E-state index in [1.165, 1.54) is 13.8 Å². The Morgan fingerprint density at radius 3 is 1.94 bits per heavy atom. The molecule has 0 spiro atoms. The minimum Gasteiger partial charge on any atom is -0.481 e. The van der Waals surface area contributed by atoms with E-state index in [1.807, 2.05) is 0 Å². The molecule has 0 fully saturated rings. The molecule has 2 nitrogen and oxygen atoms in total. The molecule has 0 saturated carbocycles. The predicted molar refractivity (Wildman–Crippen MR) is 55.3 cm³/mol. The Morgan fingerprint density at radius 2 is 1.75 bits per heavy atom. The number of hydrogen-bond acceptors (Lipinski definition) is 1. The van der Waals surface area contributed by atoms with Gasteiger partial charge in [-0.3, -0.25) is 4.79 Å².